The van der Waals surface area contributed by atoms with Crippen molar-refractivity contribution in [3.8, 4) is 0 Å². The van der Waals surface area contributed by atoms with E-state index in [1.54, 1.807) is 6.20 Å². The summed E-state index contributed by atoms with van der Waals surface area (Å²) in [5.74, 6) is 0.240. The monoisotopic (exact) mass is 427 g/mol. The van der Waals surface area contributed by atoms with Gasteiger partial charge in [0.2, 0.25) is 11.8 Å². The normalized spacial score (nSPS) is 13.4. The molecule has 1 saturated heterocycles. The van der Waals surface area contributed by atoms with Gasteiger partial charge in [-0.3, -0.25) is 14.6 Å². The average Bonchev–Trinajstić information content (AvgIpc) is 3.26. The molecule has 0 N–H and O–H groups in total. The van der Waals surface area contributed by atoms with Gasteiger partial charge >= 0.3 is 0 Å². The number of rotatable bonds is 8. The number of pyridine rings is 1. The van der Waals surface area contributed by atoms with Gasteiger partial charge in [0.15, 0.2) is 0 Å². The lowest BCUT2D eigenvalue weighted by molar-refractivity contribution is -0.131. The molecule has 0 aliphatic carbocycles. The smallest absolute Gasteiger partial charge is 0.227 e. The SMILES string of the molecule is CCc1ccc(CN(Cc2cccnc2)C(=O)Cc2ccc(N3CCCC3=O)cc2)cc1. The molecule has 0 bridgehead atoms. The second-order valence-corrected chi connectivity index (χ2v) is 8.27. The van der Waals surface area contributed by atoms with Crippen molar-refractivity contribution in [2.24, 2.45) is 0 Å². The van der Waals surface area contributed by atoms with Crippen LogP contribution in [0.25, 0.3) is 0 Å². The molecule has 0 spiro atoms. The van der Waals surface area contributed by atoms with E-state index in [-0.39, 0.29) is 11.8 Å². The molecular formula is C27H29N3O2. The summed E-state index contributed by atoms with van der Waals surface area (Å²) in [5.41, 5.74) is 5.27. The van der Waals surface area contributed by atoms with E-state index >= 15 is 0 Å². The molecule has 2 amide bonds. The number of hydrogen-bond donors (Lipinski definition) is 0. The fourth-order valence-corrected chi connectivity index (χ4v) is 4.05. The van der Waals surface area contributed by atoms with Gasteiger partial charge in [-0.15, -0.1) is 0 Å². The highest BCUT2D eigenvalue weighted by molar-refractivity contribution is 5.95. The summed E-state index contributed by atoms with van der Waals surface area (Å²) in [6, 6.07) is 20.1. The molecule has 1 aromatic heterocycles. The van der Waals surface area contributed by atoms with Crippen molar-refractivity contribution in [1.82, 2.24) is 9.88 Å². The molecule has 0 atom stereocenters. The van der Waals surface area contributed by atoms with Gasteiger partial charge in [0, 0.05) is 44.1 Å². The van der Waals surface area contributed by atoms with Gasteiger partial charge in [-0.05, 0) is 53.3 Å². The van der Waals surface area contributed by atoms with Gasteiger partial charge in [0.1, 0.15) is 0 Å². The third-order valence-corrected chi connectivity index (χ3v) is 5.93. The molecule has 5 heteroatoms. The standard InChI is InChI=1S/C27H29N3O2/c1-2-21-7-9-23(10-8-21)19-29(20-24-5-3-15-28-18-24)27(32)17-22-11-13-25(14-12-22)30-16-4-6-26(30)31/h3,5,7-15,18H,2,4,6,16-17,19-20H2,1H3. The molecule has 0 saturated carbocycles. The Bertz CT molecular complexity index is 1050. The van der Waals surface area contributed by atoms with Crippen LogP contribution in [0.5, 0.6) is 0 Å². The van der Waals surface area contributed by atoms with E-state index in [1.807, 2.05) is 52.4 Å². The summed E-state index contributed by atoms with van der Waals surface area (Å²) in [7, 11) is 0. The minimum atomic E-state index is 0.0680. The zero-order valence-electron chi connectivity index (χ0n) is 18.5. The summed E-state index contributed by atoms with van der Waals surface area (Å²) in [6.07, 6.45) is 6.39. The van der Waals surface area contributed by atoms with Crippen LogP contribution in [0.15, 0.2) is 73.1 Å². The maximum atomic E-state index is 13.3. The predicted molar refractivity (Wildman–Crippen MR) is 126 cm³/mol. The highest BCUT2D eigenvalue weighted by Gasteiger charge is 2.22. The third kappa shape index (κ3) is 5.41. The Hall–Kier alpha value is -3.47. The molecular weight excluding hydrogens is 398 g/mol. The van der Waals surface area contributed by atoms with Gasteiger partial charge in [0.25, 0.3) is 0 Å². The van der Waals surface area contributed by atoms with Gasteiger partial charge in [-0.1, -0.05) is 49.4 Å². The summed E-state index contributed by atoms with van der Waals surface area (Å²) in [4.78, 5) is 33.2. The second-order valence-electron chi connectivity index (χ2n) is 8.27. The van der Waals surface area contributed by atoms with Gasteiger partial charge < -0.3 is 9.80 Å². The van der Waals surface area contributed by atoms with Crippen LogP contribution < -0.4 is 4.90 Å². The van der Waals surface area contributed by atoms with E-state index in [0.29, 0.717) is 25.9 Å². The molecule has 0 unspecified atom stereocenters. The lowest BCUT2D eigenvalue weighted by Gasteiger charge is -2.23. The Balaban J connectivity index is 1.47. The first kappa shape index (κ1) is 21.8. The summed E-state index contributed by atoms with van der Waals surface area (Å²) < 4.78 is 0. The molecule has 1 aliphatic heterocycles. The first-order valence-electron chi connectivity index (χ1n) is 11.3. The molecule has 2 aromatic carbocycles. The fourth-order valence-electron chi connectivity index (χ4n) is 4.05. The first-order valence-corrected chi connectivity index (χ1v) is 11.3. The maximum Gasteiger partial charge on any atom is 0.227 e. The number of amides is 2. The third-order valence-electron chi connectivity index (χ3n) is 5.93. The van der Waals surface area contributed by atoms with Crippen molar-refractivity contribution in [3.63, 3.8) is 0 Å². The van der Waals surface area contributed by atoms with Crippen molar-refractivity contribution in [2.75, 3.05) is 11.4 Å². The molecule has 4 rings (SSSR count). The van der Waals surface area contributed by atoms with E-state index in [2.05, 4.69) is 36.2 Å². The van der Waals surface area contributed by atoms with E-state index < -0.39 is 0 Å². The predicted octanol–water partition coefficient (Wildman–Crippen LogP) is 4.54. The first-order chi connectivity index (χ1) is 15.6. The van der Waals surface area contributed by atoms with Crippen molar-refractivity contribution < 1.29 is 9.59 Å². The Morgan fingerprint density at radius 2 is 1.62 bits per heavy atom. The van der Waals surface area contributed by atoms with Gasteiger partial charge in [0.05, 0.1) is 6.42 Å². The minimum Gasteiger partial charge on any atom is -0.334 e. The largest absolute Gasteiger partial charge is 0.334 e. The Kier molecular flexibility index (Phi) is 6.95. The molecule has 1 fully saturated rings. The average molecular weight is 428 g/mol. The lowest BCUT2D eigenvalue weighted by Crippen LogP contribution is -2.31. The number of carbonyl (C=O) groups excluding carboxylic acids is 2. The van der Waals surface area contributed by atoms with E-state index in [1.165, 1.54) is 5.56 Å². The zero-order valence-corrected chi connectivity index (χ0v) is 18.5. The van der Waals surface area contributed by atoms with Crippen LogP contribution in [0.2, 0.25) is 0 Å². The highest BCUT2D eigenvalue weighted by atomic mass is 16.2. The molecule has 3 aromatic rings. The van der Waals surface area contributed by atoms with E-state index in [9.17, 15) is 9.59 Å². The molecule has 1 aliphatic rings. The maximum absolute atomic E-state index is 13.3. The quantitative estimate of drug-likeness (QED) is 0.530. The summed E-state index contributed by atoms with van der Waals surface area (Å²) >= 11 is 0. The summed E-state index contributed by atoms with van der Waals surface area (Å²) in [5, 5.41) is 0. The molecule has 0 radical (unpaired) electrons. The molecule has 2 heterocycles. The highest BCUT2D eigenvalue weighted by Crippen LogP contribution is 2.22. The number of nitrogens with zero attached hydrogens (tertiary/aromatic N) is 3. The van der Waals surface area contributed by atoms with Crippen LogP contribution in [-0.4, -0.2) is 28.2 Å². The summed E-state index contributed by atoms with van der Waals surface area (Å²) in [6.45, 7) is 3.98. The van der Waals surface area contributed by atoms with Crippen molar-refractivity contribution in [2.45, 2.75) is 45.7 Å². The molecule has 164 valence electrons. The van der Waals surface area contributed by atoms with Gasteiger partial charge in [-0.2, -0.15) is 0 Å². The van der Waals surface area contributed by atoms with Crippen molar-refractivity contribution in [1.29, 1.82) is 0 Å². The van der Waals surface area contributed by atoms with Crippen LogP contribution in [0.3, 0.4) is 0 Å². The van der Waals surface area contributed by atoms with Crippen LogP contribution in [0, 0.1) is 0 Å². The Labute approximate surface area is 189 Å². The van der Waals surface area contributed by atoms with Gasteiger partial charge in [-0.25, -0.2) is 0 Å². The number of carbonyl (C=O) groups is 2. The number of anilines is 1. The number of benzene rings is 2. The number of aromatic nitrogens is 1. The topological polar surface area (TPSA) is 53.5 Å². The van der Waals surface area contributed by atoms with E-state index in [0.717, 1.165) is 41.8 Å². The van der Waals surface area contributed by atoms with Crippen LogP contribution in [-0.2, 0) is 35.5 Å². The second kappa shape index (κ2) is 10.2. The van der Waals surface area contributed by atoms with Crippen LogP contribution in [0.1, 0.15) is 42.0 Å². The number of hydrogen-bond acceptors (Lipinski definition) is 3. The number of aryl methyl sites for hydroxylation is 1. The minimum absolute atomic E-state index is 0.0680. The lowest BCUT2D eigenvalue weighted by atomic mass is 10.1. The Morgan fingerprint density at radius 1 is 0.938 bits per heavy atom. The van der Waals surface area contributed by atoms with Crippen LogP contribution in [0.4, 0.5) is 5.69 Å². The van der Waals surface area contributed by atoms with Crippen LogP contribution >= 0.6 is 0 Å². The fraction of sp³-hybridized carbons (Fsp3) is 0.296. The zero-order chi connectivity index (χ0) is 22.3. The van der Waals surface area contributed by atoms with E-state index in [4.69, 9.17) is 0 Å². The van der Waals surface area contributed by atoms with Crippen molar-refractivity contribution >= 4 is 17.5 Å². The van der Waals surface area contributed by atoms with Crippen molar-refractivity contribution in [3.05, 3.63) is 95.3 Å². The molecule has 32 heavy (non-hydrogen) atoms. The Morgan fingerprint density at radius 3 is 2.25 bits per heavy atom. The molecule has 5 nitrogen and oxygen atoms in total.